The number of rotatable bonds is 0. The fourth-order valence-electron chi connectivity index (χ4n) is 0.511. The molecule has 9 heavy (non-hydrogen) atoms. The van der Waals surface area contributed by atoms with Gasteiger partial charge in [0.25, 0.3) is 0 Å². The second kappa shape index (κ2) is 3.56. The molecule has 0 aliphatic carbocycles. The molecular formula is C6H8AgN2. The van der Waals surface area contributed by atoms with Crippen LogP contribution in [-0.2, 0) is 22.4 Å². The SMILES string of the molecule is Nc1ccccc1N.[Ag]. The normalized spacial score (nSPS) is 8.00. The summed E-state index contributed by atoms with van der Waals surface area (Å²) in [5.74, 6) is 0. The molecular weight excluding hydrogens is 208 g/mol. The van der Waals surface area contributed by atoms with Crippen LogP contribution >= 0.6 is 0 Å². The van der Waals surface area contributed by atoms with E-state index in [2.05, 4.69) is 0 Å². The Balaban J connectivity index is 0.000000640. The molecule has 2 nitrogen and oxygen atoms in total. The van der Waals surface area contributed by atoms with E-state index in [9.17, 15) is 0 Å². The molecule has 0 aromatic heterocycles. The van der Waals surface area contributed by atoms with Gasteiger partial charge in [-0.3, -0.25) is 0 Å². The van der Waals surface area contributed by atoms with Gasteiger partial charge in [0.2, 0.25) is 0 Å². The van der Waals surface area contributed by atoms with Crippen molar-refractivity contribution in [3.8, 4) is 0 Å². The molecule has 0 saturated heterocycles. The van der Waals surface area contributed by atoms with E-state index in [-0.39, 0.29) is 22.4 Å². The number of nitrogen functional groups attached to an aromatic ring is 2. The van der Waals surface area contributed by atoms with E-state index in [0.717, 1.165) is 0 Å². The summed E-state index contributed by atoms with van der Waals surface area (Å²) in [6, 6.07) is 7.25. The van der Waals surface area contributed by atoms with Crippen LogP contribution in [0.25, 0.3) is 0 Å². The quantitative estimate of drug-likeness (QED) is 0.498. The molecule has 1 aromatic rings. The van der Waals surface area contributed by atoms with Crippen molar-refractivity contribution >= 4 is 11.4 Å². The van der Waals surface area contributed by atoms with Crippen LogP contribution < -0.4 is 11.5 Å². The van der Waals surface area contributed by atoms with Crippen LogP contribution in [0.1, 0.15) is 0 Å². The zero-order valence-corrected chi connectivity index (χ0v) is 6.25. The Hall–Kier alpha value is -0.440. The van der Waals surface area contributed by atoms with Crippen molar-refractivity contribution < 1.29 is 22.4 Å². The molecule has 0 saturated carbocycles. The Labute approximate surface area is 69.7 Å². The van der Waals surface area contributed by atoms with Gasteiger partial charge in [0, 0.05) is 22.4 Å². The Morgan fingerprint density at radius 1 is 0.889 bits per heavy atom. The number of nitrogens with two attached hydrogens (primary N) is 2. The van der Waals surface area contributed by atoms with Crippen LogP contribution in [0, 0.1) is 0 Å². The topological polar surface area (TPSA) is 52.0 Å². The van der Waals surface area contributed by atoms with Crippen LogP contribution in [0.5, 0.6) is 0 Å². The Bertz CT molecular complexity index is 167. The fourth-order valence-corrected chi connectivity index (χ4v) is 0.511. The van der Waals surface area contributed by atoms with Crippen LogP contribution in [0.2, 0.25) is 0 Å². The molecule has 0 atom stereocenters. The average molecular weight is 216 g/mol. The van der Waals surface area contributed by atoms with E-state index in [4.69, 9.17) is 11.5 Å². The molecule has 0 fully saturated rings. The maximum absolute atomic E-state index is 5.39. The molecule has 0 aliphatic heterocycles. The molecule has 0 amide bonds. The first-order valence-electron chi connectivity index (χ1n) is 2.40. The van der Waals surface area contributed by atoms with Gasteiger partial charge in [0.1, 0.15) is 0 Å². The average Bonchev–Trinajstić information content (AvgIpc) is 1.77. The molecule has 0 unspecified atom stereocenters. The van der Waals surface area contributed by atoms with E-state index in [1.165, 1.54) is 0 Å². The molecule has 0 aliphatic rings. The van der Waals surface area contributed by atoms with Crippen molar-refractivity contribution in [3.05, 3.63) is 24.3 Å². The molecule has 1 aromatic carbocycles. The minimum atomic E-state index is 0. The first-order valence-corrected chi connectivity index (χ1v) is 2.40. The van der Waals surface area contributed by atoms with Gasteiger partial charge in [-0.2, -0.15) is 0 Å². The monoisotopic (exact) mass is 215 g/mol. The van der Waals surface area contributed by atoms with Gasteiger partial charge in [-0.1, -0.05) is 12.1 Å². The van der Waals surface area contributed by atoms with Crippen molar-refractivity contribution in [1.29, 1.82) is 0 Å². The van der Waals surface area contributed by atoms with Gasteiger partial charge >= 0.3 is 0 Å². The number of benzene rings is 1. The van der Waals surface area contributed by atoms with Gasteiger partial charge in [-0.15, -0.1) is 0 Å². The van der Waals surface area contributed by atoms with Gasteiger partial charge < -0.3 is 11.5 Å². The van der Waals surface area contributed by atoms with E-state index in [0.29, 0.717) is 11.4 Å². The van der Waals surface area contributed by atoms with Crippen molar-refractivity contribution in [1.82, 2.24) is 0 Å². The van der Waals surface area contributed by atoms with E-state index in [1.54, 1.807) is 12.1 Å². The predicted molar refractivity (Wildman–Crippen MR) is 35.3 cm³/mol. The summed E-state index contributed by atoms with van der Waals surface area (Å²) in [6.45, 7) is 0. The molecule has 0 heterocycles. The molecule has 4 N–H and O–H groups in total. The summed E-state index contributed by atoms with van der Waals surface area (Å²) in [5, 5.41) is 0. The number of para-hydroxylation sites is 2. The first-order chi connectivity index (χ1) is 3.80. The zero-order valence-electron chi connectivity index (χ0n) is 4.77. The van der Waals surface area contributed by atoms with Crippen LogP contribution in [-0.4, -0.2) is 0 Å². The Morgan fingerprint density at radius 3 is 1.44 bits per heavy atom. The smallest absolute Gasteiger partial charge is 0.0547 e. The molecule has 3 heteroatoms. The third-order valence-corrected chi connectivity index (χ3v) is 0.996. The van der Waals surface area contributed by atoms with Gasteiger partial charge in [-0.05, 0) is 12.1 Å². The maximum Gasteiger partial charge on any atom is 0.0547 e. The summed E-state index contributed by atoms with van der Waals surface area (Å²) in [4.78, 5) is 0. The third-order valence-electron chi connectivity index (χ3n) is 0.996. The van der Waals surface area contributed by atoms with Gasteiger partial charge in [0.05, 0.1) is 11.4 Å². The van der Waals surface area contributed by atoms with Crippen LogP contribution in [0.15, 0.2) is 24.3 Å². The number of hydrogen-bond donors (Lipinski definition) is 2. The van der Waals surface area contributed by atoms with Crippen molar-refractivity contribution in [2.45, 2.75) is 0 Å². The van der Waals surface area contributed by atoms with Crippen LogP contribution in [0.3, 0.4) is 0 Å². The molecule has 1 rings (SSSR count). The summed E-state index contributed by atoms with van der Waals surface area (Å²) >= 11 is 0. The van der Waals surface area contributed by atoms with Crippen molar-refractivity contribution in [2.24, 2.45) is 0 Å². The van der Waals surface area contributed by atoms with E-state index < -0.39 is 0 Å². The fraction of sp³-hybridized carbons (Fsp3) is 0. The summed E-state index contributed by atoms with van der Waals surface area (Å²) in [5.41, 5.74) is 12.1. The van der Waals surface area contributed by atoms with Crippen molar-refractivity contribution in [3.63, 3.8) is 0 Å². The summed E-state index contributed by atoms with van der Waals surface area (Å²) in [7, 11) is 0. The standard InChI is InChI=1S/C6H8N2.Ag/c7-5-3-1-2-4-6(5)8;/h1-4H,7-8H2;. The second-order valence-electron chi connectivity index (χ2n) is 1.63. The Kier molecular flexibility index (Phi) is 3.39. The maximum atomic E-state index is 5.39. The first kappa shape index (κ1) is 8.56. The van der Waals surface area contributed by atoms with Gasteiger partial charge in [0.15, 0.2) is 0 Å². The van der Waals surface area contributed by atoms with E-state index in [1.807, 2.05) is 12.1 Å². The molecule has 0 spiro atoms. The minimum absolute atomic E-state index is 0. The van der Waals surface area contributed by atoms with E-state index >= 15 is 0 Å². The minimum Gasteiger partial charge on any atom is -0.397 e. The summed E-state index contributed by atoms with van der Waals surface area (Å²) in [6.07, 6.45) is 0. The zero-order chi connectivity index (χ0) is 5.98. The largest absolute Gasteiger partial charge is 0.397 e. The second-order valence-corrected chi connectivity index (χ2v) is 1.63. The number of anilines is 2. The third kappa shape index (κ3) is 2.10. The molecule has 53 valence electrons. The van der Waals surface area contributed by atoms with Gasteiger partial charge in [-0.25, -0.2) is 0 Å². The predicted octanol–water partition coefficient (Wildman–Crippen LogP) is 0.849. The molecule has 1 radical (unpaired) electrons. The van der Waals surface area contributed by atoms with Crippen LogP contribution in [0.4, 0.5) is 11.4 Å². The van der Waals surface area contributed by atoms with Crippen molar-refractivity contribution in [2.75, 3.05) is 11.5 Å². The molecule has 0 bridgehead atoms. The number of hydrogen-bond acceptors (Lipinski definition) is 2. The Morgan fingerprint density at radius 2 is 1.22 bits per heavy atom. The summed E-state index contributed by atoms with van der Waals surface area (Å²) < 4.78 is 0.